The van der Waals surface area contributed by atoms with Crippen LogP contribution in [0, 0.1) is 5.41 Å². The summed E-state index contributed by atoms with van der Waals surface area (Å²) < 4.78 is 10.7. The minimum Gasteiger partial charge on any atom is -0.556 e. The van der Waals surface area contributed by atoms with E-state index in [4.69, 9.17) is 26.4 Å². The van der Waals surface area contributed by atoms with Crippen molar-refractivity contribution in [3.8, 4) is 5.75 Å². The highest BCUT2D eigenvalue weighted by atomic mass is 35.5. The van der Waals surface area contributed by atoms with Gasteiger partial charge in [-0.2, -0.15) is 0 Å². The number of hydrogen-bond acceptors (Lipinski definition) is 4. The number of benzene rings is 2. The molecule has 0 heterocycles. The Morgan fingerprint density at radius 1 is 1.12 bits per heavy atom. The van der Waals surface area contributed by atoms with Crippen molar-refractivity contribution in [2.24, 2.45) is 0 Å². The van der Waals surface area contributed by atoms with E-state index in [1.54, 1.807) is 0 Å². The summed E-state index contributed by atoms with van der Waals surface area (Å²) in [6, 6.07) is 17.6. The lowest BCUT2D eigenvalue weighted by Gasteiger charge is -2.13. The molecule has 0 spiro atoms. The number of rotatable bonds is 10. The fourth-order valence-corrected chi connectivity index (χ4v) is 2.50. The predicted molar refractivity (Wildman–Crippen MR) is 97.4 cm³/mol. The van der Waals surface area contributed by atoms with E-state index in [1.165, 1.54) is 0 Å². The molecular formula is C18H19BClNO3. The van der Waals surface area contributed by atoms with Gasteiger partial charge >= 0.3 is 7.48 Å². The van der Waals surface area contributed by atoms with Gasteiger partial charge in [-0.25, -0.2) is 0 Å². The van der Waals surface area contributed by atoms with Gasteiger partial charge in [-0.15, -0.1) is 11.6 Å². The standard InChI is InChI=1S/C18H19BClNO3/c20-11-18(22)17(19-24-13-21)10-14-6-8-16(9-7-14)23-12-15-4-2-1-3-5-15/h1-9,13,17,19,21H,10-12H2/t17-/m0/s1. The van der Waals surface area contributed by atoms with E-state index < -0.39 is 0 Å². The van der Waals surface area contributed by atoms with Gasteiger partial charge in [-0.3, -0.25) is 10.2 Å². The molecule has 124 valence electrons. The Bertz CT molecular complexity index is 649. The molecule has 0 saturated heterocycles. The van der Waals surface area contributed by atoms with E-state index >= 15 is 0 Å². The zero-order chi connectivity index (χ0) is 17.2. The molecule has 0 bridgehead atoms. The molecule has 1 N–H and O–H groups in total. The maximum Gasteiger partial charge on any atom is 0.352 e. The second kappa shape index (κ2) is 9.78. The Balaban J connectivity index is 1.92. The minimum absolute atomic E-state index is 0.0513. The van der Waals surface area contributed by atoms with Gasteiger partial charge < -0.3 is 9.39 Å². The number of hydrogen-bond donors (Lipinski definition) is 1. The number of carbonyl (C=O) groups is 1. The summed E-state index contributed by atoms with van der Waals surface area (Å²) in [5.41, 5.74) is 2.11. The number of carbonyl (C=O) groups excluding carboxylic acids is 1. The van der Waals surface area contributed by atoms with Crippen molar-refractivity contribution in [2.75, 3.05) is 5.88 Å². The molecule has 24 heavy (non-hydrogen) atoms. The van der Waals surface area contributed by atoms with Crippen LogP contribution < -0.4 is 4.74 Å². The summed E-state index contributed by atoms with van der Waals surface area (Å²) in [5, 5.41) is 6.91. The molecule has 0 aromatic heterocycles. The molecule has 0 aliphatic carbocycles. The molecule has 1 atom stereocenters. The molecule has 2 aromatic carbocycles. The van der Waals surface area contributed by atoms with Gasteiger partial charge in [0.2, 0.25) is 0 Å². The number of alkyl halides is 1. The van der Waals surface area contributed by atoms with Crippen molar-refractivity contribution in [3.63, 3.8) is 0 Å². The van der Waals surface area contributed by atoms with Crippen LogP contribution in [0.4, 0.5) is 0 Å². The quantitative estimate of drug-likeness (QED) is 0.311. The normalized spacial score (nSPS) is 11.4. The number of ketones is 1. The van der Waals surface area contributed by atoms with Crippen molar-refractivity contribution in [2.45, 2.75) is 18.8 Å². The van der Waals surface area contributed by atoms with Crippen molar-refractivity contribution < 1.29 is 14.2 Å². The van der Waals surface area contributed by atoms with E-state index in [0.29, 0.717) is 13.0 Å². The van der Waals surface area contributed by atoms with Crippen LogP contribution in [0.2, 0.25) is 5.82 Å². The summed E-state index contributed by atoms with van der Waals surface area (Å²) in [7, 11) is 0.168. The van der Waals surface area contributed by atoms with Crippen LogP contribution in [0.15, 0.2) is 54.6 Å². The Labute approximate surface area is 147 Å². The monoisotopic (exact) mass is 343 g/mol. The van der Waals surface area contributed by atoms with E-state index in [1.807, 2.05) is 54.6 Å². The minimum atomic E-state index is -0.347. The molecule has 0 aliphatic heterocycles. The lowest BCUT2D eigenvalue weighted by atomic mass is 9.73. The molecule has 2 rings (SSSR count). The van der Waals surface area contributed by atoms with Crippen LogP contribution in [0.5, 0.6) is 5.75 Å². The first-order valence-corrected chi connectivity index (χ1v) is 8.21. The Morgan fingerprint density at radius 2 is 1.83 bits per heavy atom. The van der Waals surface area contributed by atoms with Crippen molar-refractivity contribution in [3.05, 3.63) is 65.7 Å². The lowest BCUT2D eigenvalue weighted by molar-refractivity contribution is -0.116. The third kappa shape index (κ3) is 5.74. The molecule has 0 unspecified atom stereocenters. The van der Waals surface area contributed by atoms with Crippen LogP contribution in [-0.4, -0.2) is 25.5 Å². The summed E-state index contributed by atoms with van der Waals surface area (Å²) in [6.07, 6.45) is 1.37. The van der Waals surface area contributed by atoms with Crippen LogP contribution in [0.3, 0.4) is 0 Å². The number of halogens is 1. The maximum atomic E-state index is 11.8. The SMILES string of the molecule is N=COB[C@@H](Cc1ccc(OCc2ccccc2)cc1)C(=O)CCl. The third-order valence-electron chi connectivity index (χ3n) is 3.62. The van der Waals surface area contributed by atoms with E-state index in [0.717, 1.165) is 23.3 Å². The molecule has 6 heteroatoms. The first kappa shape index (κ1) is 18.1. The van der Waals surface area contributed by atoms with Gasteiger partial charge in [0.05, 0.1) is 5.88 Å². The van der Waals surface area contributed by atoms with Gasteiger partial charge in [-0.1, -0.05) is 42.5 Å². The average molecular weight is 344 g/mol. The number of ether oxygens (including phenoxy) is 1. The zero-order valence-corrected chi connectivity index (χ0v) is 14.0. The zero-order valence-electron chi connectivity index (χ0n) is 13.3. The van der Waals surface area contributed by atoms with Crippen LogP contribution in [-0.2, 0) is 22.5 Å². The third-order valence-corrected chi connectivity index (χ3v) is 3.88. The summed E-state index contributed by atoms with van der Waals surface area (Å²) in [6.45, 7) is 0.515. The largest absolute Gasteiger partial charge is 0.556 e. The molecule has 4 nitrogen and oxygen atoms in total. The first-order chi connectivity index (χ1) is 11.7. The average Bonchev–Trinajstić information content (AvgIpc) is 2.64. The van der Waals surface area contributed by atoms with Crippen LogP contribution in [0.1, 0.15) is 11.1 Å². The maximum absolute atomic E-state index is 11.8. The van der Waals surface area contributed by atoms with Crippen molar-refractivity contribution >= 4 is 31.3 Å². The van der Waals surface area contributed by atoms with E-state index in [9.17, 15) is 4.79 Å². The van der Waals surface area contributed by atoms with E-state index in [-0.39, 0.29) is 25.0 Å². The van der Waals surface area contributed by atoms with Gasteiger partial charge in [0.1, 0.15) is 24.5 Å². The molecular weight excluding hydrogens is 324 g/mol. The molecule has 2 aromatic rings. The highest BCUT2D eigenvalue weighted by molar-refractivity contribution is 6.43. The second-order valence-electron chi connectivity index (χ2n) is 5.37. The molecule has 0 aliphatic rings. The second-order valence-corrected chi connectivity index (χ2v) is 5.64. The Kier molecular flexibility index (Phi) is 7.37. The van der Waals surface area contributed by atoms with Gasteiger partial charge in [0, 0.05) is 5.82 Å². The lowest BCUT2D eigenvalue weighted by Crippen LogP contribution is -2.20. The molecule has 0 radical (unpaired) electrons. The van der Waals surface area contributed by atoms with Crippen molar-refractivity contribution in [1.29, 1.82) is 5.41 Å². The van der Waals surface area contributed by atoms with Crippen molar-refractivity contribution in [1.82, 2.24) is 0 Å². The highest BCUT2D eigenvalue weighted by Gasteiger charge is 2.21. The highest BCUT2D eigenvalue weighted by Crippen LogP contribution is 2.19. The topological polar surface area (TPSA) is 59.4 Å². The summed E-state index contributed by atoms with van der Waals surface area (Å²) in [4.78, 5) is 11.8. The van der Waals surface area contributed by atoms with Crippen LogP contribution >= 0.6 is 11.6 Å². The first-order valence-electron chi connectivity index (χ1n) is 7.68. The van der Waals surface area contributed by atoms with Gasteiger partial charge in [0.15, 0.2) is 0 Å². The molecule has 0 fully saturated rings. The van der Waals surface area contributed by atoms with Gasteiger partial charge in [0.25, 0.3) is 0 Å². The number of Topliss-reactive ketones (excluding diaryl/α,β-unsaturated/α-hetero) is 1. The Morgan fingerprint density at radius 3 is 2.46 bits per heavy atom. The fourth-order valence-electron chi connectivity index (χ4n) is 2.29. The van der Waals surface area contributed by atoms with Crippen LogP contribution in [0.25, 0.3) is 0 Å². The molecule has 0 amide bonds. The number of nitrogens with one attached hydrogen (secondary N) is 1. The fraction of sp³-hybridized carbons (Fsp3) is 0.222. The van der Waals surface area contributed by atoms with Gasteiger partial charge in [-0.05, 0) is 29.7 Å². The predicted octanol–water partition coefficient (Wildman–Crippen LogP) is 3.38. The molecule has 0 saturated carbocycles. The summed E-state index contributed by atoms with van der Waals surface area (Å²) in [5.74, 6) is 0.297. The summed E-state index contributed by atoms with van der Waals surface area (Å²) >= 11 is 5.63. The smallest absolute Gasteiger partial charge is 0.352 e. The Hall–Kier alpha value is -2.27. The van der Waals surface area contributed by atoms with E-state index in [2.05, 4.69) is 0 Å².